The van der Waals surface area contributed by atoms with Gasteiger partial charge in [-0.25, -0.2) is 0 Å². The minimum atomic E-state index is -0.374. The molecule has 1 aromatic heterocycles. The van der Waals surface area contributed by atoms with Crippen molar-refractivity contribution in [3.05, 3.63) is 35.0 Å². The van der Waals surface area contributed by atoms with E-state index in [2.05, 4.69) is 31.3 Å². The second-order valence-electron chi connectivity index (χ2n) is 12.5. The molecular formula is C32H45N3O4. The number of rotatable bonds is 6. The molecule has 3 aliphatic rings. The molecule has 7 heteroatoms. The summed E-state index contributed by atoms with van der Waals surface area (Å²) in [6.45, 7) is 11.0. The molecule has 0 spiro atoms. The van der Waals surface area contributed by atoms with Gasteiger partial charge in [-0.3, -0.25) is 14.4 Å². The van der Waals surface area contributed by atoms with Crippen molar-refractivity contribution in [2.24, 2.45) is 11.3 Å². The van der Waals surface area contributed by atoms with Crippen LogP contribution < -0.4 is 5.32 Å². The largest absolute Gasteiger partial charge is 0.381 e. The Labute approximate surface area is 232 Å². The molecule has 3 atom stereocenters. The summed E-state index contributed by atoms with van der Waals surface area (Å²) in [6, 6.07) is 4.11. The molecule has 39 heavy (non-hydrogen) atoms. The maximum absolute atomic E-state index is 14.0. The van der Waals surface area contributed by atoms with Crippen molar-refractivity contribution in [3.63, 3.8) is 0 Å². The van der Waals surface area contributed by atoms with Crippen LogP contribution in [0.25, 0.3) is 10.9 Å². The van der Waals surface area contributed by atoms with Crippen LogP contribution in [0.2, 0.25) is 0 Å². The van der Waals surface area contributed by atoms with Crippen LogP contribution in [0.1, 0.15) is 94.1 Å². The molecule has 0 unspecified atom stereocenters. The van der Waals surface area contributed by atoms with E-state index >= 15 is 0 Å². The Hall–Kier alpha value is -2.51. The van der Waals surface area contributed by atoms with Crippen molar-refractivity contribution >= 4 is 28.4 Å². The molecule has 1 aromatic carbocycles. The number of hydrogen-bond acceptors (Lipinski definition) is 5. The number of amides is 1. The summed E-state index contributed by atoms with van der Waals surface area (Å²) in [5.74, 6) is 0.695. The van der Waals surface area contributed by atoms with Gasteiger partial charge in [0.15, 0.2) is 11.6 Å². The molecular weight excluding hydrogens is 490 g/mol. The molecule has 2 bridgehead atoms. The topological polar surface area (TPSA) is 80.6 Å². The Balaban J connectivity index is 1.55. The summed E-state index contributed by atoms with van der Waals surface area (Å²) in [5.41, 5.74) is 3.90. The molecule has 2 aliphatic heterocycles. The van der Waals surface area contributed by atoms with Gasteiger partial charge < -0.3 is 19.5 Å². The molecule has 3 heterocycles. The lowest BCUT2D eigenvalue weighted by molar-refractivity contribution is -0.139. The van der Waals surface area contributed by atoms with Crippen LogP contribution in [-0.2, 0) is 33.8 Å². The number of carbonyl (C=O) groups is 3. The SMILES string of the molecule is CCC(=O)[C@@H]1C[C@]23COCCCCCNCc4cc(CCC(C)C)cc5c(C(C)=O)cn(c45)CC(=O)N1[C@@H]2C3. The van der Waals surface area contributed by atoms with Gasteiger partial charge in [0.2, 0.25) is 5.91 Å². The van der Waals surface area contributed by atoms with E-state index in [4.69, 9.17) is 4.74 Å². The van der Waals surface area contributed by atoms with Crippen LogP contribution >= 0.6 is 0 Å². The number of aryl methyl sites for hydroxylation is 1. The van der Waals surface area contributed by atoms with E-state index < -0.39 is 0 Å². The lowest BCUT2D eigenvalue weighted by Gasteiger charge is -2.27. The van der Waals surface area contributed by atoms with Crippen molar-refractivity contribution in [2.45, 2.75) is 104 Å². The standard InChI is InChI=1S/C32H45N3O4/c1-5-28(37)27-15-32-16-29(32)35(27)30(38)19-34-18-26(22(4)36)25-14-23(10-9-21(2)3)13-24(31(25)34)17-33-11-7-6-8-12-39-20-32/h13-14,18,21,27,29,33H,5-12,15-17,19-20H2,1-4H3/t27-,29+,32-/m0/s1. The summed E-state index contributed by atoms with van der Waals surface area (Å²) >= 11 is 0. The lowest BCUT2D eigenvalue weighted by atomic mass is 9.97. The van der Waals surface area contributed by atoms with Gasteiger partial charge in [-0.05, 0) is 81.5 Å². The van der Waals surface area contributed by atoms with Gasteiger partial charge in [-0.15, -0.1) is 0 Å². The maximum atomic E-state index is 14.0. The monoisotopic (exact) mass is 535 g/mol. The number of ketones is 2. The first-order valence-corrected chi connectivity index (χ1v) is 15.0. The number of ether oxygens (including phenoxy) is 1. The molecule has 1 saturated carbocycles. The average molecular weight is 536 g/mol. The van der Waals surface area contributed by atoms with Crippen LogP contribution in [0.4, 0.5) is 0 Å². The molecule has 7 nitrogen and oxygen atoms in total. The third-order valence-electron chi connectivity index (χ3n) is 9.08. The van der Waals surface area contributed by atoms with Crippen molar-refractivity contribution in [1.82, 2.24) is 14.8 Å². The van der Waals surface area contributed by atoms with Crippen molar-refractivity contribution in [2.75, 3.05) is 19.8 Å². The Bertz CT molecular complexity index is 1250. The van der Waals surface area contributed by atoms with Crippen LogP contribution in [0.5, 0.6) is 0 Å². The third kappa shape index (κ3) is 5.71. The number of benzene rings is 1. The molecule has 2 aromatic rings. The number of nitrogens with zero attached hydrogens (tertiary/aromatic N) is 2. The van der Waals surface area contributed by atoms with E-state index in [-0.39, 0.29) is 41.5 Å². The van der Waals surface area contributed by atoms with E-state index in [1.54, 1.807) is 6.92 Å². The number of piperidine rings is 1. The summed E-state index contributed by atoms with van der Waals surface area (Å²) in [4.78, 5) is 41.6. The highest BCUT2D eigenvalue weighted by molar-refractivity contribution is 6.08. The zero-order chi connectivity index (χ0) is 27.7. The number of hydrogen-bond donors (Lipinski definition) is 1. The Morgan fingerprint density at radius 3 is 2.74 bits per heavy atom. The van der Waals surface area contributed by atoms with Crippen molar-refractivity contribution < 1.29 is 19.1 Å². The highest BCUT2D eigenvalue weighted by Crippen LogP contribution is 2.60. The van der Waals surface area contributed by atoms with Crippen LogP contribution in [0.3, 0.4) is 0 Å². The zero-order valence-corrected chi connectivity index (χ0v) is 24.2. The summed E-state index contributed by atoms with van der Waals surface area (Å²) < 4.78 is 8.07. The van der Waals surface area contributed by atoms with E-state index in [9.17, 15) is 14.4 Å². The minimum absolute atomic E-state index is 0.00632. The Morgan fingerprint density at radius 2 is 2.00 bits per heavy atom. The number of Topliss-reactive ketones (excluding diaryl/α,β-unsaturated/α-hetero) is 2. The molecule has 1 N–H and O–H groups in total. The van der Waals surface area contributed by atoms with Crippen LogP contribution in [0.15, 0.2) is 18.3 Å². The number of aromatic nitrogens is 1. The summed E-state index contributed by atoms with van der Waals surface area (Å²) in [7, 11) is 0. The number of nitrogens with one attached hydrogen (secondary N) is 1. The van der Waals surface area contributed by atoms with Gasteiger partial charge in [0.25, 0.3) is 0 Å². The second kappa shape index (κ2) is 11.5. The third-order valence-corrected chi connectivity index (χ3v) is 9.08. The smallest absolute Gasteiger partial charge is 0.243 e. The van der Waals surface area contributed by atoms with Crippen LogP contribution in [-0.4, -0.2) is 58.8 Å². The fourth-order valence-corrected chi connectivity index (χ4v) is 6.80. The summed E-state index contributed by atoms with van der Waals surface area (Å²) in [5, 5.41) is 4.55. The van der Waals surface area contributed by atoms with E-state index in [1.807, 2.05) is 22.6 Å². The normalized spacial score (nSPS) is 26.1. The minimum Gasteiger partial charge on any atom is -0.381 e. The maximum Gasteiger partial charge on any atom is 0.243 e. The predicted octanol–water partition coefficient (Wildman–Crippen LogP) is 5.06. The highest BCUT2D eigenvalue weighted by atomic mass is 16.5. The predicted molar refractivity (Wildman–Crippen MR) is 153 cm³/mol. The second-order valence-corrected chi connectivity index (χ2v) is 12.5. The molecule has 2 fully saturated rings. The molecule has 1 aliphatic carbocycles. The van der Waals surface area contributed by atoms with Crippen molar-refractivity contribution in [1.29, 1.82) is 0 Å². The van der Waals surface area contributed by atoms with E-state index in [0.29, 0.717) is 37.5 Å². The zero-order valence-electron chi connectivity index (χ0n) is 24.2. The lowest BCUT2D eigenvalue weighted by Crippen LogP contribution is -2.44. The fraction of sp³-hybridized carbons (Fsp3) is 0.656. The van der Waals surface area contributed by atoms with E-state index in [1.165, 1.54) is 5.56 Å². The average Bonchev–Trinajstić information content (AvgIpc) is 3.31. The molecule has 1 saturated heterocycles. The first-order valence-electron chi connectivity index (χ1n) is 15.0. The first kappa shape index (κ1) is 28.0. The molecule has 212 valence electrons. The Kier molecular flexibility index (Phi) is 8.29. The van der Waals surface area contributed by atoms with Crippen LogP contribution in [0, 0.1) is 11.3 Å². The van der Waals surface area contributed by atoms with Gasteiger partial charge >= 0.3 is 0 Å². The molecule has 1 amide bonds. The van der Waals surface area contributed by atoms with Gasteiger partial charge in [-0.2, -0.15) is 0 Å². The van der Waals surface area contributed by atoms with Gasteiger partial charge in [-0.1, -0.05) is 26.8 Å². The highest BCUT2D eigenvalue weighted by Gasteiger charge is 2.66. The quantitative estimate of drug-likeness (QED) is 0.523. The van der Waals surface area contributed by atoms with Gasteiger partial charge in [0.05, 0.1) is 18.2 Å². The van der Waals surface area contributed by atoms with E-state index in [0.717, 1.165) is 68.1 Å². The summed E-state index contributed by atoms with van der Waals surface area (Å²) in [6.07, 6.45) is 9.13. The van der Waals surface area contributed by atoms with Crippen molar-refractivity contribution in [3.8, 4) is 0 Å². The number of carbonyl (C=O) groups excluding carboxylic acids is 3. The van der Waals surface area contributed by atoms with Gasteiger partial charge in [0, 0.05) is 48.2 Å². The fourth-order valence-electron chi connectivity index (χ4n) is 6.80. The first-order chi connectivity index (χ1) is 18.7. The molecule has 0 radical (unpaired) electrons. The Morgan fingerprint density at radius 1 is 1.18 bits per heavy atom. The molecule has 5 rings (SSSR count). The van der Waals surface area contributed by atoms with Gasteiger partial charge in [0.1, 0.15) is 6.54 Å².